The largest absolute Gasteiger partial charge is 0.490 e. The number of amidine groups is 2. The minimum atomic E-state index is -5.08. The third-order valence-corrected chi connectivity index (χ3v) is 4.59. The van der Waals surface area contributed by atoms with E-state index in [0.717, 1.165) is 11.1 Å². The Morgan fingerprint density at radius 1 is 0.769 bits per heavy atom. The van der Waals surface area contributed by atoms with Gasteiger partial charge in [-0.3, -0.25) is 15.6 Å². The van der Waals surface area contributed by atoms with E-state index in [-0.39, 0.29) is 24.0 Å². The van der Waals surface area contributed by atoms with Crippen molar-refractivity contribution < 1.29 is 56.0 Å². The van der Waals surface area contributed by atoms with Crippen LogP contribution < -0.4 is 11.5 Å². The molecule has 0 fully saturated rings. The van der Waals surface area contributed by atoms with Gasteiger partial charge in [0.1, 0.15) is 11.7 Å². The molecule has 1 unspecified atom stereocenters. The maximum absolute atomic E-state index is 11.2. The van der Waals surface area contributed by atoms with Gasteiger partial charge in [0.2, 0.25) is 0 Å². The summed E-state index contributed by atoms with van der Waals surface area (Å²) < 4.78 is 63.5. The molecule has 0 saturated heterocycles. The highest BCUT2D eigenvalue weighted by molar-refractivity contribution is 5.95. The number of hydrogen-bond donors (Lipinski definition) is 7. The Kier molecular flexibility index (Phi) is 13.2. The minimum absolute atomic E-state index is 0.00770. The van der Waals surface area contributed by atoms with E-state index in [9.17, 15) is 36.2 Å². The highest BCUT2D eigenvalue weighted by atomic mass is 19.4. The Labute approximate surface area is 216 Å². The Hall–Kier alpha value is -4.63. The lowest BCUT2D eigenvalue weighted by Gasteiger charge is -2.16. The predicted molar refractivity (Wildman–Crippen MR) is 126 cm³/mol. The number of alkyl halides is 6. The van der Waals surface area contributed by atoms with Crippen LogP contribution in [0.2, 0.25) is 0 Å². The van der Waals surface area contributed by atoms with Crippen molar-refractivity contribution in [2.75, 3.05) is 0 Å². The van der Waals surface area contributed by atoms with Gasteiger partial charge in [-0.15, -0.1) is 0 Å². The summed E-state index contributed by atoms with van der Waals surface area (Å²) in [7, 11) is 0. The summed E-state index contributed by atoms with van der Waals surface area (Å²) in [6.45, 7) is 0. The lowest BCUT2D eigenvalue weighted by atomic mass is 9.88. The van der Waals surface area contributed by atoms with Gasteiger partial charge in [0.05, 0.1) is 6.42 Å². The lowest BCUT2D eigenvalue weighted by molar-refractivity contribution is -0.193. The monoisotopic (exact) mass is 566 g/mol. The quantitative estimate of drug-likeness (QED) is 0.142. The number of hydrogen-bond acceptors (Lipinski definition) is 5. The average Bonchev–Trinajstić information content (AvgIpc) is 2.81. The molecule has 0 radical (unpaired) electrons. The van der Waals surface area contributed by atoms with Crippen molar-refractivity contribution in [1.82, 2.24) is 0 Å². The van der Waals surface area contributed by atoms with Crippen molar-refractivity contribution in [3.63, 3.8) is 0 Å². The smallest absolute Gasteiger partial charge is 0.481 e. The summed E-state index contributed by atoms with van der Waals surface area (Å²) in [6.07, 6.45) is -8.86. The number of rotatable bonds is 8. The third-order valence-electron chi connectivity index (χ3n) is 4.59. The van der Waals surface area contributed by atoms with Gasteiger partial charge < -0.3 is 26.8 Å². The molecule has 0 bridgehead atoms. The van der Waals surface area contributed by atoms with Crippen LogP contribution in [0.1, 0.15) is 41.0 Å². The van der Waals surface area contributed by atoms with E-state index in [1.165, 1.54) is 0 Å². The summed E-state index contributed by atoms with van der Waals surface area (Å²) in [5, 5.41) is 38.5. The molecule has 2 rings (SSSR count). The van der Waals surface area contributed by atoms with Gasteiger partial charge in [-0.25, -0.2) is 9.59 Å². The van der Waals surface area contributed by atoms with Crippen LogP contribution in [-0.2, 0) is 20.8 Å². The summed E-state index contributed by atoms with van der Waals surface area (Å²) in [5.74, 6) is -6.59. The molecule has 1 atom stereocenters. The molecule has 0 aliphatic carbocycles. The minimum Gasteiger partial charge on any atom is -0.481 e. The molecule has 0 heterocycles. The van der Waals surface area contributed by atoms with E-state index >= 15 is 0 Å². The molecule has 0 saturated carbocycles. The van der Waals surface area contributed by atoms with Gasteiger partial charge >= 0.3 is 30.3 Å². The molecule has 10 nitrogen and oxygen atoms in total. The van der Waals surface area contributed by atoms with E-state index in [2.05, 4.69) is 0 Å². The number of halogens is 6. The summed E-state index contributed by atoms with van der Waals surface area (Å²) >= 11 is 0. The first-order valence-corrected chi connectivity index (χ1v) is 10.4. The van der Waals surface area contributed by atoms with E-state index in [4.69, 9.17) is 42.1 Å². The van der Waals surface area contributed by atoms with Crippen LogP contribution in [0.3, 0.4) is 0 Å². The lowest BCUT2D eigenvalue weighted by Crippen LogP contribution is -2.21. The second-order valence-corrected chi connectivity index (χ2v) is 7.59. The molecule has 9 N–H and O–H groups in total. The number of nitrogen functional groups attached to an aromatic ring is 2. The van der Waals surface area contributed by atoms with Crippen molar-refractivity contribution in [3.05, 3.63) is 70.8 Å². The average molecular weight is 566 g/mol. The number of aliphatic carboxylic acids is 3. The maximum atomic E-state index is 11.2. The molecule has 0 spiro atoms. The first-order valence-electron chi connectivity index (χ1n) is 10.4. The van der Waals surface area contributed by atoms with Gasteiger partial charge in [-0.1, -0.05) is 36.4 Å². The van der Waals surface area contributed by atoms with Crippen LogP contribution in [0.15, 0.2) is 48.5 Å². The third kappa shape index (κ3) is 14.0. The molecule has 39 heavy (non-hydrogen) atoms. The number of benzene rings is 2. The van der Waals surface area contributed by atoms with Crippen LogP contribution in [0, 0.1) is 10.8 Å². The molecular formula is C23H24F6N4O6. The van der Waals surface area contributed by atoms with Crippen molar-refractivity contribution >= 4 is 29.6 Å². The molecular weight excluding hydrogens is 542 g/mol. The van der Waals surface area contributed by atoms with Crippen LogP contribution in [0.25, 0.3) is 0 Å². The Morgan fingerprint density at radius 3 is 1.56 bits per heavy atom. The fraction of sp³-hybridized carbons (Fsp3) is 0.261. The van der Waals surface area contributed by atoms with Gasteiger partial charge in [0.15, 0.2) is 0 Å². The molecule has 16 heteroatoms. The molecule has 2 aromatic rings. The summed E-state index contributed by atoms with van der Waals surface area (Å²) in [4.78, 5) is 29.0. The SMILES string of the molecule is N=C(N)c1cccc(CCC(CC(=O)O)c2cccc(C(=N)N)c2)c1.O=C(O)C(F)(F)F.O=C(O)C(F)(F)F. The van der Waals surface area contributed by atoms with E-state index < -0.39 is 30.3 Å². The van der Waals surface area contributed by atoms with Crippen LogP contribution in [-0.4, -0.2) is 57.3 Å². The first kappa shape index (κ1) is 34.4. The number of carboxylic acids is 3. The molecule has 214 valence electrons. The molecule has 0 aromatic heterocycles. The second kappa shape index (κ2) is 14.9. The predicted octanol–water partition coefficient (Wildman–Crippen LogP) is 3.71. The second-order valence-electron chi connectivity index (χ2n) is 7.59. The van der Waals surface area contributed by atoms with Crippen molar-refractivity contribution in [1.29, 1.82) is 10.8 Å². The molecule has 0 aliphatic heterocycles. The fourth-order valence-electron chi connectivity index (χ4n) is 2.79. The summed E-state index contributed by atoms with van der Waals surface area (Å²) in [6, 6.07) is 14.6. The Balaban J connectivity index is 0.000000848. The highest BCUT2D eigenvalue weighted by Gasteiger charge is 2.38. The first-order chi connectivity index (χ1) is 17.7. The standard InChI is InChI=1S/C19H22N4O2.2C2HF3O2/c20-18(21)15-5-1-3-12(9-15)7-8-14(11-17(24)25)13-4-2-6-16(10-13)19(22)23;2*3-2(4,5)1(6)7/h1-6,9-10,14H,7-8,11H2,(H3,20,21)(H3,22,23)(H,24,25);2*(H,6,7). The number of carbonyl (C=O) groups is 3. The summed E-state index contributed by atoms with van der Waals surface area (Å²) in [5.41, 5.74) is 14.2. The van der Waals surface area contributed by atoms with Crippen LogP contribution in [0.5, 0.6) is 0 Å². The van der Waals surface area contributed by atoms with Gasteiger partial charge in [-0.05, 0) is 42.0 Å². The highest BCUT2D eigenvalue weighted by Crippen LogP contribution is 2.26. The van der Waals surface area contributed by atoms with Crippen molar-refractivity contribution in [2.24, 2.45) is 11.5 Å². The number of nitrogens with one attached hydrogen (secondary N) is 2. The number of nitrogens with two attached hydrogens (primary N) is 2. The Bertz CT molecular complexity index is 1160. The van der Waals surface area contributed by atoms with E-state index in [1.54, 1.807) is 24.3 Å². The molecule has 0 amide bonds. The molecule has 2 aromatic carbocycles. The van der Waals surface area contributed by atoms with Crippen molar-refractivity contribution in [2.45, 2.75) is 37.5 Å². The normalized spacial score (nSPS) is 11.5. The van der Waals surface area contributed by atoms with Gasteiger partial charge in [0, 0.05) is 11.1 Å². The topological polar surface area (TPSA) is 212 Å². The van der Waals surface area contributed by atoms with Crippen LogP contribution >= 0.6 is 0 Å². The van der Waals surface area contributed by atoms with Crippen molar-refractivity contribution in [3.8, 4) is 0 Å². The van der Waals surface area contributed by atoms with Gasteiger partial charge in [0.25, 0.3) is 0 Å². The van der Waals surface area contributed by atoms with Gasteiger partial charge in [-0.2, -0.15) is 26.3 Å². The number of aryl methyl sites for hydroxylation is 1. The zero-order valence-electron chi connectivity index (χ0n) is 19.8. The zero-order chi connectivity index (χ0) is 30.6. The zero-order valence-corrected chi connectivity index (χ0v) is 19.8. The van der Waals surface area contributed by atoms with Crippen LogP contribution in [0.4, 0.5) is 26.3 Å². The fourth-order valence-corrected chi connectivity index (χ4v) is 2.79. The number of carboxylic acid groups (broad SMARTS) is 3. The van der Waals surface area contributed by atoms with E-state index in [1.807, 2.05) is 24.3 Å². The Morgan fingerprint density at radius 2 is 1.18 bits per heavy atom. The maximum Gasteiger partial charge on any atom is 0.490 e. The molecule has 0 aliphatic rings. The van der Waals surface area contributed by atoms with E-state index in [0.29, 0.717) is 24.0 Å².